The van der Waals surface area contributed by atoms with Gasteiger partial charge in [-0.2, -0.15) is 0 Å². The van der Waals surface area contributed by atoms with Crippen LogP contribution in [0.15, 0.2) is 36.7 Å². The molecular formula is C19H21N3O3. The van der Waals surface area contributed by atoms with E-state index in [0.717, 1.165) is 12.8 Å². The second-order valence-electron chi connectivity index (χ2n) is 7.04. The summed E-state index contributed by atoms with van der Waals surface area (Å²) in [6.45, 7) is 1.82. The third-order valence-corrected chi connectivity index (χ3v) is 5.72. The average molecular weight is 339 g/mol. The number of aromatic nitrogens is 1. The molecule has 0 spiro atoms. The summed E-state index contributed by atoms with van der Waals surface area (Å²) >= 11 is 0. The molecule has 5 rings (SSSR count). The van der Waals surface area contributed by atoms with E-state index < -0.39 is 6.04 Å². The highest BCUT2D eigenvalue weighted by molar-refractivity contribution is 6.10. The van der Waals surface area contributed by atoms with Crippen LogP contribution in [0.25, 0.3) is 0 Å². The number of hydrogen-bond donors (Lipinski definition) is 1. The standard InChI is InChI=1S/C19H21N3O3/c1-2-14(17(23)21-13-4-3-9-20-10-13)22-18(24)15-11-5-6-12(8-7-11)16(15)19(22)25/h3-6,9-12,14-16H,2,7-8H2,1H3,(H,21,23)/t11-,12-,14+,15+,16+/m0/s1. The summed E-state index contributed by atoms with van der Waals surface area (Å²) < 4.78 is 0. The van der Waals surface area contributed by atoms with E-state index in [4.69, 9.17) is 0 Å². The van der Waals surface area contributed by atoms with Gasteiger partial charge in [-0.25, -0.2) is 0 Å². The first-order chi connectivity index (χ1) is 12.1. The lowest BCUT2D eigenvalue weighted by atomic mass is 9.63. The number of imide groups is 1. The van der Waals surface area contributed by atoms with Crippen molar-refractivity contribution in [1.82, 2.24) is 9.88 Å². The fraction of sp³-hybridized carbons (Fsp3) is 0.474. The van der Waals surface area contributed by atoms with Gasteiger partial charge in [-0.1, -0.05) is 19.1 Å². The van der Waals surface area contributed by atoms with Crippen molar-refractivity contribution in [2.45, 2.75) is 32.2 Å². The summed E-state index contributed by atoms with van der Waals surface area (Å²) in [6.07, 6.45) is 9.63. The molecule has 1 saturated heterocycles. The number of anilines is 1. The summed E-state index contributed by atoms with van der Waals surface area (Å²) in [4.78, 5) is 43.9. The van der Waals surface area contributed by atoms with Gasteiger partial charge in [-0.15, -0.1) is 0 Å². The number of likely N-dealkylation sites (tertiary alicyclic amines) is 1. The molecule has 1 aliphatic heterocycles. The molecule has 5 atom stereocenters. The SMILES string of the molecule is CC[C@H](C(=O)Nc1cccnc1)N1C(=O)[C@H]2[C@H](C1=O)[C@H]1C=C[C@H]2CC1. The van der Waals surface area contributed by atoms with Crippen LogP contribution in [0.4, 0.5) is 5.69 Å². The summed E-state index contributed by atoms with van der Waals surface area (Å²) in [5.74, 6) is -0.987. The Morgan fingerprint density at radius 1 is 1.24 bits per heavy atom. The minimum atomic E-state index is -0.773. The fourth-order valence-electron chi connectivity index (χ4n) is 4.55. The first-order valence-electron chi connectivity index (χ1n) is 8.88. The van der Waals surface area contributed by atoms with Gasteiger partial charge in [-0.3, -0.25) is 24.3 Å². The van der Waals surface area contributed by atoms with Crippen molar-refractivity contribution >= 4 is 23.4 Å². The summed E-state index contributed by atoms with van der Waals surface area (Å²) in [7, 11) is 0. The topological polar surface area (TPSA) is 79.4 Å². The predicted molar refractivity (Wildman–Crippen MR) is 91.1 cm³/mol. The van der Waals surface area contributed by atoms with Crippen LogP contribution in [0.3, 0.4) is 0 Å². The first-order valence-corrected chi connectivity index (χ1v) is 8.88. The van der Waals surface area contributed by atoms with Crippen LogP contribution in [-0.4, -0.2) is 33.6 Å². The molecule has 6 heteroatoms. The van der Waals surface area contributed by atoms with E-state index in [1.807, 2.05) is 6.92 Å². The Hall–Kier alpha value is -2.50. The van der Waals surface area contributed by atoms with Crippen molar-refractivity contribution in [3.05, 3.63) is 36.7 Å². The number of pyridine rings is 1. The zero-order chi connectivity index (χ0) is 17.6. The van der Waals surface area contributed by atoms with Crippen LogP contribution in [0, 0.1) is 23.7 Å². The second kappa shape index (κ2) is 6.10. The maximum absolute atomic E-state index is 13.0. The quantitative estimate of drug-likeness (QED) is 0.672. The number of hydrogen-bond acceptors (Lipinski definition) is 4. The second-order valence-corrected chi connectivity index (χ2v) is 7.04. The zero-order valence-corrected chi connectivity index (χ0v) is 14.1. The Labute approximate surface area is 146 Å². The molecule has 1 aromatic heterocycles. The van der Waals surface area contributed by atoms with E-state index in [9.17, 15) is 14.4 Å². The molecule has 2 bridgehead atoms. The van der Waals surface area contributed by atoms with Crippen LogP contribution < -0.4 is 5.32 Å². The van der Waals surface area contributed by atoms with Crippen LogP contribution in [0.1, 0.15) is 26.2 Å². The van der Waals surface area contributed by atoms with Crippen molar-refractivity contribution in [3.63, 3.8) is 0 Å². The molecular weight excluding hydrogens is 318 g/mol. The molecule has 2 fully saturated rings. The van der Waals surface area contributed by atoms with Crippen LogP contribution in [-0.2, 0) is 14.4 Å². The summed E-state index contributed by atoms with van der Waals surface area (Å²) in [5.41, 5.74) is 0.559. The van der Waals surface area contributed by atoms with Crippen molar-refractivity contribution in [1.29, 1.82) is 0 Å². The van der Waals surface area contributed by atoms with Crippen LogP contribution in [0.5, 0.6) is 0 Å². The molecule has 3 amide bonds. The molecule has 1 aromatic rings. The zero-order valence-electron chi connectivity index (χ0n) is 14.1. The van der Waals surface area contributed by atoms with Crippen LogP contribution >= 0.6 is 0 Å². The molecule has 0 unspecified atom stereocenters. The van der Waals surface area contributed by atoms with Gasteiger partial charge in [0.25, 0.3) is 0 Å². The largest absolute Gasteiger partial charge is 0.323 e. The van der Waals surface area contributed by atoms with Gasteiger partial charge in [-0.05, 0) is 43.2 Å². The molecule has 3 aliphatic carbocycles. The lowest BCUT2D eigenvalue weighted by Gasteiger charge is -2.38. The minimum absolute atomic E-state index is 0.135. The van der Waals surface area contributed by atoms with Gasteiger partial charge in [0.05, 0.1) is 23.7 Å². The molecule has 25 heavy (non-hydrogen) atoms. The number of amides is 3. The van der Waals surface area contributed by atoms with E-state index in [1.165, 1.54) is 4.90 Å². The van der Waals surface area contributed by atoms with Gasteiger partial charge in [0.15, 0.2) is 0 Å². The average Bonchev–Trinajstić information content (AvgIpc) is 2.92. The van der Waals surface area contributed by atoms with E-state index in [-0.39, 0.29) is 41.4 Å². The number of allylic oxidation sites excluding steroid dienone is 2. The normalized spacial score (nSPS) is 31.2. The number of carbonyl (C=O) groups excluding carboxylic acids is 3. The molecule has 0 radical (unpaired) electrons. The van der Waals surface area contributed by atoms with Gasteiger partial charge in [0.2, 0.25) is 17.7 Å². The summed E-state index contributed by atoms with van der Waals surface area (Å²) in [6, 6.07) is 2.68. The predicted octanol–water partition coefficient (Wildman–Crippen LogP) is 2.00. The molecule has 6 nitrogen and oxygen atoms in total. The van der Waals surface area contributed by atoms with E-state index >= 15 is 0 Å². The minimum Gasteiger partial charge on any atom is -0.323 e. The number of carbonyl (C=O) groups is 3. The highest BCUT2D eigenvalue weighted by Gasteiger charge is 2.58. The van der Waals surface area contributed by atoms with E-state index in [1.54, 1.807) is 24.5 Å². The van der Waals surface area contributed by atoms with Crippen molar-refractivity contribution in [3.8, 4) is 0 Å². The van der Waals surface area contributed by atoms with Crippen molar-refractivity contribution in [2.24, 2.45) is 23.7 Å². The Bertz CT molecular complexity index is 714. The Balaban J connectivity index is 1.58. The number of nitrogens with one attached hydrogen (secondary N) is 1. The smallest absolute Gasteiger partial charge is 0.247 e. The lowest BCUT2D eigenvalue weighted by Crippen LogP contribution is -2.47. The van der Waals surface area contributed by atoms with Gasteiger partial charge in [0, 0.05) is 6.20 Å². The maximum atomic E-state index is 13.0. The molecule has 2 heterocycles. The van der Waals surface area contributed by atoms with Crippen molar-refractivity contribution in [2.75, 3.05) is 5.32 Å². The number of rotatable bonds is 4. The molecule has 130 valence electrons. The third-order valence-electron chi connectivity index (χ3n) is 5.72. The molecule has 4 aliphatic rings. The van der Waals surface area contributed by atoms with E-state index in [2.05, 4.69) is 22.5 Å². The van der Waals surface area contributed by atoms with Crippen LogP contribution in [0.2, 0.25) is 0 Å². The van der Waals surface area contributed by atoms with Gasteiger partial charge < -0.3 is 5.32 Å². The Morgan fingerprint density at radius 3 is 2.36 bits per heavy atom. The number of fused-ring (bicyclic) bond motifs is 1. The number of nitrogens with zero attached hydrogens (tertiary/aromatic N) is 2. The Morgan fingerprint density at radius 2 is 1.88 bits per heavy atom. The fourth-order valence-corrected chi connectivity index (χ4v) is 4.55. The Kier molecular flexibility index (Phi) is 3.90. The highest BCUT2D eigenvalue weighted by atomic mass is 16.2. The monoisotopic (exact) mass is 339 g/mol. The third kappa shape index (κ3) is 2.47. The van der Waals surface area contributed by atoms with Gasteiger partial charge >= 0.3 is 0 Å². The first kappa shape index (κ1) is 16.0. The van der Waals surface area contributed by atoms with Gasteiger partial charge in [0.1, 0.15) is 6.04 Å². The lowest BCUT2D eigenvalue weighted by molar-refractivity contribution is -0.146. The van der Waals surface area contributed by atoms with E-state index in [0.29, 0.717) is 12.1 Å². The molecule has 0 aromatic carbocycles. The van der Waals surface area contributed by atoms with Crippen molar-refractivity contribution < 1.29 is 14.4 Å². The molecule has 1 N–H and O–H groups in total. The molecule has 1 saturated carbocycles. The highest BCUT2D eigenvalue weighted by Crippen LogP contribution is 2.50. The maximum Gasteiger partial charge on any atom is 0.247 e. The summed E-state index contributed by atoms with van der Waals surface area (Å²) in [5, 5.41) is 2.77.